The number of methoxy groups -OCH3 is 1. The van der Waals surface area contributed by atoms with Crippen LogP contribution in [0.5, 0.6) is 23.0 Å². The molecule has 0 spiro atoms. The number of unbranched alkanes of at least 4 members (excludes halogenated alkanes) is 10. The van der Waals surface area contributed by atoms with Crippen molar-refractivity contribution in [2.75, 3.05) is 59.6 Å². The van der Waals surface area contributed by atoms with Gasteiger partial charge in [0.05, 0.1) is 25.7 Å². The highest BCUT2D eigenvalue weighted by atomic mass is 16.5. The molecule has 56 heavy (non-hydrogen) atoms. The van der Waals surface area contributed by atoms with Crippen molar-refractivity contribution in [1.29, 1.82) is 0 Å². The third-order valence-electron chi connectivity index (χ3n) is 11.0. The summed E-state index contributed by atoms with van der Waals surface area (Å²) in [6.45, 7) is 25.0. The van der Waals surface area contributed by atoms with Gasteiger partial charge in [-0.1, -0.05) is 102 Å². The van der Waals surface area contributed by atoms with Crippen LogP contribution in [-0.2, 0) is 12.8 Å². The van der Waals surface area contributed by atoms with Gasteiger partial charge in [0, 0.05) is 23.3 Å². The first-order valence-corrected chi connectivity index (χ1v) is 21.9. The summed E-state index contributed by atoms with van der Waals surface area (Å²) < 4.78 is 25.2. The van der Waals surface area contributed by atoms with Gasteiger partial charge in [0.25, 0.3) is 0 Å². The fourth-order valence-corrected chi connectivity index (χ4v) is 7.40. The van der Waals surface area contributed by atoms with E-state index < -0.39 is 0 Å². The molecule has 0 unspecified atom stereocenters. The quantitative estimate of drug-likeness (QED) is 0.0424. The van der Waals surface area contributed by atoms with E-state index in [1.54, 1.807) is 19.2 Å². The number of ether oxygens (including phenoxy) is 3. The van der Waals surface area contributed by atoms with Crippen molar-refractivity contribution in [2.24, 2.45) is 0 Å². The monoisotopic (exact) mass is 777 g/mol. The number of phenols is 1. The molecule has 1 aromatic heterocycles. The number of hydrogen-bond acceptors (Lipinski definition) is 8. The molecule has 2 aromatic carbocycles. The standard InChI is InChI=1S/C48H76N2O6/c1-10-49(11-2)30-22-18-14-16-20-24-32-54-40-34-42-45(46(51)38(40)28-26-36(5)6)47(52)44-39(29-27-37(7)8)48(53-9)43(35-41(44)56-42)55-33-25-21-17-15-19-23-31-50(12-3)13-4/h26-27,34-35,51H,10-25,28-33H2,1-9H3. The van der Waals surface area contributed by atoms with Crippen LogP contribution in [0.1, 0.15) is 144 Å². The topological polar surface area (TPSA) is 84.6 Å². The minimum Gasteiger partial charge on any atom is -0.507 e. The third kappa shape index (κ3) is 14.5. The molecule has 0 aliphatic heterocycles. The van der Waals surface area contributed by atoms with Gasteiger partial charge in [-0.2, -0.15) is 0 Å². The Kier molecular flexibility index (Phi) is 21.5. The molecule has 8 nitrogen and oxygen atoms in total. The summed E-state index contributed by atoms with van der Waals surface area (Å²) in [5.74, 6) is 1.57. The van der Waals surface area contributed by atoms with E-state index in [4.69, 9.17) is 18.6 Å². The molecular weight excluding hydrogens is 701 g/mol. The van der Waals surface area contributed by atoms with Crippen molar-refractivity contribution in [3.63, 3.8) is 0 Å². The van der Waals surface area contributed by atoms with E-state index in [0.717, 1.165) is 63.0 Å². The van der Waals surface area contributed by atoms with Crippen molar-refractivity contribution >= 4 is 21.9 Å². The first-order valence-electron chi connectivity index (χ1n) is 21.9. The van der Waals surface area contributed by atoms with Crippen LogP contribution in [0, 0.1) is 0 Å². The summed E-state index contributed by atoms with van der Waals surface area (Å²) >= 11 is 0. The second-order valence-electron chi connectivity index (χ2n) is 15.7. The van der Waals surface area contributed by atoms with Crippen LogP contribution in [0.15, 0.2) is 44.6 Å². The molecule has 1 heterocycles. The molecule has 314 valence electrons. The number of hydrogen-bond donors (Lipinski definition) is 1. The van der Waals surface area contributed by atoms with Crippen molar-refractivity contribution in [2.45, 2.75) is 145 Å². The summed E-state index contributed by atoms with van der Waals surface area (Å²) in [4.78, 5) is 19.5. The molecule has 0 saturated heterocycles. The molecule has 3 rings (SSSR count). The molecule has 1 N–H and O–H groups in total. The molecular formula is C48H76N2O6. The number of allylic oxidation sites excluding steroid dienone is 4. The first-order chi connectivity index (χ1) is 27.1. The summed E-state index contributed by atoms with van der Waals surface area (Å²) in [6, 6.07) is 3.57. The predicted octanol–water partition coefficient (Wildman–Crippen LogP) is 11.8. The summed E-state index contributed by atoms with van der Waals surface area (Å²) in [5, 5.41) is 12.4. The molecule has 0 bridgehead atoms. The molecule has 0 radical (unpaired) electrons. The Balaban J connectivity index is 1.85. The minimum atomic E-state index is -0.284. The summed E-state index contributed by atoms with van der Waals surface area (Å²) in [5.41, 5.74) is 3.97. The number of aromatic hydroxyl groups is 1. The Morgan fingerprint density at radius 2 is 1.05 bits per heavy atom. The van der Waals surface area contributed by atoms with Gasteiger partial charge in [-0.25, -0.2) is 0 Å². The van der Waals surface area contributed by atoms with Crippen molar-refractivity contribution in [3.8, 4) is 23.0 Å². The lowest BCUT2D eigenvalue weighted by molar-refractivity contribution is 0.281. The molecule has 0 fully saturated rings. The van der Waals surface area contributed by atoms with E-state index in [2.05, 4.69) is 49.6 Å². The van der Waals surface area contributed by atoms with Crippen molar-refractivity contribution in [3.05, 3.63) is 56.8 Å². The van der Waals surface area contributed by atoms with Crippen molar-refractivity contribution in [1.82, 2.24) is 9.80 Å². The first kappa shape index (κ1) is 46.9. The van der Waals surface area contributed by atoms with E-state index in [9.17, 15) is 9.90 Å². The van der Waals surface area contributed by atoms with E-state index in [0.29, 0.717) is 71.0 Å². The Labute approximate surface area is 339 Å². The molecule has 0 saturated carbocycles. The van der Waals surface area contributed by atoms with Crippen LogP contribution in [0.3, 0.4) is 0 Å². The fourth-order valence-electron chi connectivity index (χ4n) is 7.40. The van der Waals surface area contributed by atoms with Gasteiger partial charge in [0.15, 0.2) is 11.5 Å². The lowest BCUT2D eigenvalue weighted by atomic mass is 9.98. The van der Waals surface area contributed by atoms with Gasteiger partial charge in [-0.15, -0.1) is 0 Å². The molecule has 0 aliphatic carbocycles. The lowest BCUT2D eigenvalue weighted by Crippen LogP contribution is -2.23. The van der Waals surface area contributed by atoms with E-state index in [1.807, 2.05) is 27.7 Å². The highest BCUT2D eigenvalue weighted by molar-refractivity contribution is 5.98. The summed E-state index contributed by atoms with van der Waals surface area (Å²) in [6.07, 6.45) is 18.9. The highest BCUT2D eigenvalue weighted by Crippen LogP contribution is 2.42. The molecule has 8 heteroatoms. The second kappa shape index (κ2) is 25.7. The van der Waals surface area contributed by atoms with Crippen LogP contribution in [0.2, 0.25) is 0 Å². The Hall–Kier alpha value is -3.49. The van der Waals surface area contributed by atoms with Crippen LogP contribution in [0.4, 0.5) is 0 Å². The second-order valence-corrected chi connectivity index (χ2v) is 15.7. The average Bonchev–Trinajstić information content (AvgIpc) is 3.17. The van der Waals surface area contributed by atoms with Gasteiger partial charge in [0.2, 0.25) is 5.43 Å². The van der Waals surface area contributed by atoms with Gasteiger partial charge < -0.3 is 33.5 Å². The smallest absolute Gasteiger partial charge is 0.204 e. The van der Waals surface area contributed by atoms with Gasteiger partial charge in [-0.05, 0) is 105 Å². The Morgan fingerprint density at radius 3 is 1.54 bits per heavy atom. The zero-order chi connectivity index (χ0) is 40.9. The molecule has 0 amide bonds. The van der Waals surface area contributed by atoms with Crippen molar-refractivity contribution < 1.29 is 23.7 Å². The highest BCUT2D eigenvalue weighted by Gasteiger charge is 2.24. The van der Waals surface area contributed by atoms with E-state index in [1.165, 1.54) is 64.5 Å². The molecule has 0 atom stereocenters. The maximum atomic E-state index is 14.5. The van der Waals surface area contributed by atoms with Gasteiger partial charge in [-0.3, -0.25) is 4.79 Å². The molecule has 0 aliphatic rings. The zero-order valence-corrected chi connectivity index (χ0v) is 36.7. The largest absolute Gasteiger partial charge is 0.507 e. The Morgan fingerprint density at radius 1 is 0.625 bits per heavy atom. The number of benzene rings is 2. The number of phenolic OH excluding ortho intramolecular Hbond substituents is 1. The fraction of sp³-hybridized carbons (Fsp3) is 0.646. The summed E-state index contributed by atoms with van der Waals surface area (Å²) in [7, 11) is 1.62. The predicted molar refractivity (Wildman–Crippen MR) is 236 cm³/mol. The van der Waals surface area contributed by atoms with Gasteiger partial charge >= 0.3 is 0 Å². The van der Waals surface area contributed by atoms with E-state index >= 15 is 0 Å². The maximum absolute atomic E-state index is 14.5. The maximum Gasteiger partial charge on any atom is 0.204 e. The SMILES string of the molecule is CCN(CC)CCCCCCCCOc1cc2oc3cc(OCCCCCCCCN(CC)CC)c(OC)c(CC=C(C)C)c3c(=O)c2c(O)c1CC=C(C)C. The third-order valence-corrected chi connectivity index (χ3v) is 11.0. The zero-order valence-electron chi connectivity index (χ0n) is 36.7. The lowest BCUT2D eigenvalue weighted by Gasteiger charge is -2.18. The molecule has 3 aromatic rings. The minimum absolute atomic E-state index is 0.0839. The Bertz CT molecular complexity index is 1730. The van der Waals surface area contributed by atoms with Gasteiger partial charge in [0.1, 0.15) is 28.1 Å². The van der Waals surface area contributed by atoms with Crippen LogP contribution in [-0.4, -0.2) is 74.5 Å². The average molecular weight is 777 g/mol. The number of nitrogens with zero attached hydrogens (tertiary/aromatic N) is 2. The van der Waals surface area contributed by atoms with Crippen LogP contribution < -0.4 is 19.6 Å². The number of fused-ring (bicyclic) bond motifs is 2. The van der Waals surface area contributed by atoms with E-state index in [-0.39, 0.29) is 16.6 Å². The van der Waals surface area contributed by atoms with Crippen LogP contribution in [0.25, 0.3) is 21.9 Å². The normalized spacial score (nSPS) is 11.6. The number of rotatable bonds is 29. The van der Waals surface area contributed by atoms with Crippen LogP contribution >= 0.6 is 0 Å².